The van der Waals surface area contributed by atoms with Gasteiger partial charge < -0.3 is 15.5 Å². The summed E-state index contributed by atoms with van der Waals surface area (Å²) in [7, 11) is 0. The minimum absolute atomic E-state index is 0.213. The summed E-state index contributed by atoms with van der Waals surface area (Å²) in [6, 6.07) is 11.7. The summed E-state index contributed by atoms with van der Waals surface area (Å²) in [5, 5.41) is 0. The van der Waals surface area contributed by atoms with Gasteiger partial charge in [0.1, 0.15) is 5.82 Å². The van der Waals surface area contributed by atoms with Crippen molar-refractivity contribution in [1.82, 2.24) is 9.80 Å². The molecule has 2 aromatic carbocycles. The van der Waals surface area contributed by atoms with Crippen molar-refractivity contribution in [2.75, 3.05) is 26.2 Å². The molecule has 1 aliphatic carbocycles. The fourth-order valence-corrected chi connectivity index (χ4v) is 4.43. The lowest BCUT2D eigenvalue weighted by atomic mass is 9.75. The quantitative estimate of drug-likeness (QED) is 0.752. The maximum atomic E-state index is 15.0. The number of piperazine rings is 1. The monoisotopic (exact) mass is 405 g/mol. The van der Waals surface area contributed by atoms with E-state index in [1.165, 1.54) is 17.5 Å². The van der Waals surface area contributed by atoms with Crippen LogP contribution in [0.25, 0.3) is 16.8 Å². The standard InChI is InChI=1S/C26H32FN3/c1-18-6-7-22(16-19(18)2)23-8-9-24(25(27)17-23)20(3)29-12-14-30(15-13-29)21(4)26(28)10-5-11-26/h6-9,16-17H,3-5,10-15,28H2,1-2H3. The highest BCUT2D eigenvalue weighted by atomic mass is 19.1. The first-order valence-electron chi connectivity index (χ1n) is 10.8. The van der Waals surface area contributed by atoms with E-state index in [1.807, 2.05) is 18.2 Å². The van der Waals surface area contributed by atoms with Crippen LogP contribution in [-0.2, 0) is 0 Å². The van der Waals surface area contributed by atoms with Crippen LogP contribution in [0.15, 0.2) is 55.3 Å². The molecule has 1 saturated carbocycles. The van der Waals surface area contributed by atoms with Gasteiger partial charge in [-0.3, -0.25) is 0 Å². The lowest BCUT2D eigenvalue weighted by Crippen LogP contribution is -2.56. The van der Waals surface area contributed by atoms with Gasteiger partial charge in [0, 0.05) is 43.1 Å². The minimum atomic E-state index is -0.224. The largest absolute Gasteiger partial charge is 0.370 e. The van der Waals surface area contributed by atoms with E-state index in [4.69, 9.17) is 5.73 Å². The Bertz CT molecular complexity index is 982. The number of halogens is 1. The predicted molar refractivity (Wildman–Crippen MR) is 123 cm³/mol. The van der Waals surface area contributed by atoms with Crippen LogP contribution >= 0.6 is 0 Å². The molecule has 158 valence electrons. The molecule has 0 radical (unpaired) electrons. The van der Waals surface area contributed by atoms with Crippen molar-refractivity contribution in [3.8, 4) is 11.1 Å². The molecule has 2 aliphatic rings. The van der Waals surface area contributed by atoms with Gasteiger partial charge in [0.15, 0.2) is 0 Å². The first-order chi connectivity index (χ1) is 14.3. The van der Waals surface area contributed by atoms with E-state index in [9.17, 15) is 0 Å². The van der Waals surface area contributed by atoms with E-state index in [0.717, 1.165) is 61.5 Å². The third-order valence-corrected chi connectivity index (χ3v) is 6.98. The average molecular weight is 406 g/mol. The maximum absolute atomic E-state index is 15.0. The number of benzene rings is 2. The molecule has 0 aromatic heterocycles. The van der Waals surface area contributed by atoms with Gasteiger partial charge in [-0.2, -0.15) is 0 Å². The zero-order valence-corrected chi connectivity index (χ0v) is 18.2. The van der Waals surface area contributed by atoms with Crippen molar-refractivity contribution in [1.29, 1.82) is 0 Å². The molecule has 0 atom stereocenters. The van der Waals surface area contributed by atoms with Crippen molar-refractivity contribution in [3.63, 3.8) is 0 Å². The van der Waals surface area contributed by atoms with Gasteiger partial charge in [-0.1, -0.05) is 37.4 Å². The molecule has 4 rings (SSSR count). The van der Waals surface area contributed by atoms with Gasteiger partial charge in [0.05, 0.1) is 5.54 Å². The van der Waals surface area contributed by atoms with Crippen LogP contribution in [0.5, 0.6) is 0 Å². The Labute approximate surface area is 179 Å². The normalized spacial score (nSPS) is 18.1. The molecule has 0 bridgehead atoms. The fourth-order valence-electron chi connectivity index (χ4n) is 4.43. The first-order valence-corrected chi connectivity index (χ1v) is 10.8. The minimum Gasteiger partial charge on any atom is -0.370 e. The molecule has 1 saturated heterocycles. The van der Waals surface area contributed by atoms with E-state index in [1.54, 1.807) is 6.07 Å². The second-order valence-corrected chi connectivity index (χ2v) is 8.87. The molecule has 2 N–H and O–H groups in total. The lowest BCUT2D eigenvalue weighted by Gasteiger charge is -2.47. The molecule has 0 amide bonds. The third-order valence-electron chi connectivity index (χ3n) is 6.98. The van der Waals surface area contributed by atoms with Gasteiger partial charge in [0.2, 0.25) is 0 Å². The Morgan fingerprint density at radius 3 is 2.07 bits per heavy atom. The summed E-state index contributed by atoms with van der Waals surface area (Å²) in [6.45, 7) is 15.9. The number of nitrogens with two attached hydrogens (primary N) is 1. The van der Waals surface area contributed by atoms with Crippen LogP contribution in [0.1, 0.15) is 36.0 Å². The van der Waals surface area contributed by atoms with Gasteiger partial charge in [-0.05, 0) is 67.5 Å². The molecular weight excluding hydrogens is 373 g/mol. The van der Waals surface area contributed by atoms with E-state index >= 15 is 4.39 Å². The van der Waals surface area contributed by atoms with E-state index < -0.39 is 0 Å². The Hall–Kier alpha value is -2.59. The summed E-state index contributed by atoms with van der Waals surface area (Å²) < 4.78 is 15.0. The number of hydrogen-bond acceptors (Lipinski definition) is 3. The highest BCUT2D eigenvalue weighted by Gasteiger charge is 2.38. The van der Waals surface area contributed by atoms with Crippen molar-refractivity contribution < 1.29 is 4.39 Å². The van der Waals surface area contributed by atoms with Crippen LogP contribution in [0, 0.1) is 19.7 Å². The van der Waals surface area contributed by atoms with Crippen molar-refractivity contribution >= 4 is 5.70 Å². The molecule has 0 unspecified atom stereocenters. The number of aryl methyl sites for hydroxylation is 2. The number of hydrogen-bond donors (Lipinski definition) is 1. The van der Waals surface area contributed by atoms with Crippen LogP contribution in [-0.4, -0.2) is 41.5 Å². The number of rotatable bonds is 5. The zero-order chi connectivity index (χ0) is 21.5. The molecule has 30 heavy (non-hydrogen) atoms. The van der Waals surface area contributed by atoms with Gasteiger partial charge in [0.25, 0.3) is 0 Å². The van der Waals surface area contributed by atoms with E-state index in [0.29, 0.717) is 5.56 Å². The first kappa shape index (κ1) is 20.7. The molecule has 2 fully saturated rings. The molecular formula is C26H32FN3. The van der Waals surface area contributed by atoms with Crippen LogP contribution in [0.3, 0.4) is 0 Å². The van der Waals surface area contributed by atoms with Crippen LogP contribution in [0.2, 0.25) is 0 Å². The molecule has 2 aromatic rings. The lowest BCUT2D eigenvalue weighted by molar-refractivity contribution is 0.160. The SMILES string of the molecule is C=C(c1ccc(-c2ccc(C)c(C)c2)cc1F)N1CCN(C(=C)C2(N)CCC2)CC1. The summed E-state index contributed by atoms with van der Waals surface area (Å²) in [5.74, 6) is -0.224. The second-order valence-electron chi connectivity index (χ2n) is 8.87. The van der Waals surface area contributed by atoms with Crippen LogP contribution < -0.4 is 5.73 Å². The Morgan fingerprint density at radius 2 is 1.50 bits per heavy atom. The van der Waals surface area contributed by atoms with Gasteiger partial charge >= 0.3 is 0 Å². The summed E-state index contributed by atoms with van der Waals surface area (Å²) in [6.07, 6.45) is 3.23. The van der Waals surface area contributed by atoms with Crippen LogP contribution in [0.4, 0.5) is 4.39 Å². The third kappa shape index (κ3) is 3.77. The van der Waals surface area contributed by atoms with E-state index in [-0.39, 0.29) is 11.4 Å². The molecule has 3 nitrogen and oxygen atoms in total. The highest BCUT2D eigenvalue weighted by molar-refractivity contribution is 5.70. The molecule has 1 heterocycles. The average Bonchev–Trinajstić information content (AvgIpc) is 2.73. The Balaban J connectivity index is 1.44. The summed E-state index contributed by atoms with van der Waals surface area (Å²) in [5.41, 5.74) is 13.0. The summed E-state index contributed by atoms with van der Waals surface area (Å²) >= 11 is 0. The van der Waals surface area contributed by atoms with Crippen molar-refractivity contribution in [3.05, 3.63) is 77.8 Å². The van der Waals surface area contributed by atoms with Gasteiger partial charge in [-0.25, -0.2) is 4.39 Å². The van der Waals surface area contributed by atoms with Crippen molar-refractivity contribution in [2.24, 2.45) is 5.73 Å². The molecule has 4 heteroatoms. The molecule has 0 spiro atoms. The Morgan fingerprint density at radius 1 is 0.900 bits per heavy atom. The summed E-state index contributed by atoms with van der Waals surface area (Å²) in [4.78, 5) is 4.46. The predicted octanol–water partition coefficient (Wildman–Crippen LogP) is 5.09. The second kappa shape index (κ2) is 7.92. The molecule has 1 aliphatic heterocycles. The topological polar surface area (TPSA) is 32.5 Å². The maximum Gasteiger partial charge on any atom is 0.133 e. The Kier molecular flexibility index (Phi) is 5.46. The fraction of sp³-hybridized carbons (Fsp3) is 0.385. The van der Waals surface area contributed by atoms with E-state index in [2.05, 4.69) is 48.9 Å². The van der Waals surface area contributed by atoms with Crippen molar-refractivity contribution in [2.45, 2.75) is 38.6 Å². The van der Waals surface area contributed by atoms with Gasteiger partial charge in [-0.15, -0.1) is 0 Å². The highest BCUT2D eigenvalue weighted by Crippen LogP contribution is 2.37. The smallest absolute Gasteiger partial charge is 0.133 e. The number of nitrogens with zero attached hydrogens (tertiary/aromatic N) is 2. The zero-order valence-electron chi connectivity index (χ0n) is 18.2.